The molecule has 0 unspecified atom stereocenters. The average Bonchev–Trinajstić information content (AvgIpc) is 1.94. The fourth-order valence-corrected chi connectivity index (χ4v) is 1.40. The van der Waals surface area contributed by atoms with E-state index in [-0.39, 0.29) is 6.42 Å². The minimum Gasteiger partial charge on any atom is -0.481 e. The maximum Gasteiger partial charge on any atom is 0.309 e. The topological polar surface area (TPSA) is 77.8 Å². The summed E-state index contributed by atoms with van der Waals surface area (Å²) in [5, 5.41) is 26.8. The minimum absolute atomic E-state index is 0.177. The largest absolute Gasteiger partial charge is 0.481 e. The van der Waals surface area contributed by atoms with Gasteiger partial charge < -0.3 is 15.3 Å². The molecule has 1 fully saturated rings. The Bertz CT molecular complexity index is 157. The number of carbonyl (C=O) groups is 1. The Morgan fingerprint density at radius 3 is 2.36 bits per heavy atom. The first-order valence-corrected chi connectivity index (χ1v) is 3.70. The van der Waals surface area contributed by atoms with Crippen molar-refractivity contribution in [1.82, 2.24) is 0 Å². The summed E-state index contributed by atoms with van der Waals surface area (Å²) < 4.78 is 0. The fraction of sp³-hybridized carbons (Fsp3) is 0.857. The zero-order chi connectivity index (χ0) is 8.43. The van der Waals surface area contributed by atoms with Crippen LogP contribution in [0.1, 0.15) is 19.3 Å². The van der Waals surface area contributed by atoms with Crippen LogP contribution in [0.3, 0.4) is 0 Å². The van der Waals surface area contributed by atoms with Crippen molar-refractivity contribution in [3.8, 4) is 0 Å². The lowest BCUT2D eigenvalue weighted by atomic mass is 9.85. The lowest BCUT2D eigenvalue weighted by molar-refractivity contribution is -0.149. The first-order valence-electron chi connectivity index (χ1n) is 3.70. The lowest BCUT2D eigenvalue weighted by Gasteiger charge is -2.27. The molecule has 3 atom stereocenters. The molecule has 4 heteroatoms. The molecule has 11 heavy (non-hydrogen) atoms. The Morgan fingerprint density at radius 1 is 1.27 bits per heavy atom. The highest BCUT2D eigenvalue weighted by Gasteiger charge is 2.33. The summed E-state index contributed by atoms with van der Waals surface area (Å²) in [6.07, 6.45) is -0.269. The van der Waals surface area contributed by atoms with Crippen molar-refractivity contribution >= 4 is 5.97 Å². The molecule has 0 aromatic heterocycles. The SMILES string of the molecule is O=C(O)[C@@H]1C[C@@H](O)CC[C@H]1O. The molecular weight excluding hydrogens is 148 g/mol. The van der Waals surface area contributed by atoms with Crippen molar-refractivity contribution in [2.24, 2.45) is 5.92 Å². The molecule has 0 bridgehead atoms. The van der Waals surface area contributed by atoms with Crippen LogP contribution in [0, 0.1) is 5.92 Å². The van der Waals surface area contributed by atoms with Gasteiger partial charge in [0.1, 0.15) is 0 Å². The third-order valence-corrected chi connectivity index (χ3v) is 2.10. The number of hydrogen-bond donors (Lipinski definition) is 3. The van der Waals surface area contributed by atoms with Crippen molar-refractivity contribution in [2.45, 2.75) is 31.5 Å². The van der Waals surface area contributed by atoms with Crippen LogP contribution in [0.25, 0.3) is 0 Å². The number of aliphatic carboxylic acids is 1. The summed E-state index contributed by atoms with van der Waals surface area (Å²) in [4.78, 5) is 10.4. The van der Waals surface area contributed by atoms with Gasteiger partial charge in [0.15, 0.2) is 0 Å². The van der Waals surface area contributed by atoms with Gasteiger partial charge in [-0.3, -0.25) is 4.79 Å². The molecule has 0 amide bonds. The number of rotatable bonds is 1. The molecule has 0 aromatic carbocycles. The highest BCUT2D eigenvalue weighted by Crippen LogP contribution is 2.24. The van der Waals surface area contributed by atoms with Gasteiger partial charge in [0.05, 0.1) is 18.1 Å². The number of carboxylic acid groups (broad SMARTS) is 1. The van der Waals surface area contributed by atoms with Crippen molar-refractivity contribution in [2.75, 3.05) is 0 Å². The molecule has 0 heterocycles. The van der Waals surface area contributed by atoms with E-state index in [2.05, 4.69) is 0 Å². The van der Waals surface area contributed by atoms with Gasteiger partial charge >= 0.3 is 5.97 Å². The van der Waals surface area contributed by atoms with E-state index in [0.29, 0.717) is 12.8 Å². The van der Waals surface area contributed by atoms with Crippen molar-refractivity contribution in [3.05, 3.63) is 0 Å². The van der Waals surface area contributed by atoms with Gasteiger partial charge in [-0.2, -0.15) is 0 Å². The Hall–Kier alpha value is -0.610. The molecule has 64 valence electrons. The second kappa shape index (κ2) is 3.19. The average molecular weight is 160 g/mol. The first-order chi connectivity index (χ1) is 5.11. The predicted molar refractivity (Wildman–Crippen MR) is 37.0 cm³/mol. The molecule has 1 aliphatic rings. The zero-order valence-electron chi connectivity index (χ0n) is 6.10. The second-order valence-electron chi connectivity index (χ2n) is 2.98. The van der Waals surface area contributed by atoms with Crippen LogP contribution in [-0.4, -0.2) is 33.5 Å². The molecule has 1 saturated carbocycles. The summed E-state index contributed by atoms with van der Waals surface area (Å²) in [5.41, 5.74) is 0. The molecule has 0 spiro atoms. The normalized spacial score (nSPS) is 38.5. The molecule has 1 rings (SSSR count). The maximum atomic E-state index is 10.4. The Balaban J connectivity index is 2.54. The molecule has 0 aromatic rings. The van der Waals surface area contributed by atoms with E-state index in [9.17, 15) is 4.79 Å². The lowest BCUT2D eigenvalue weighted by Crippen LogP contribution is -2.36. The van der Waals surface area contributed by atoms with E-state index in [1.807, 2.05) is 0 Å². The quantitative estimate of drug-likeness (QED) is 0.487. The van der Waals surface area contributed by atoms with Crippen LogP contribution in [0.4, 0.5) is 0 Å². The minimum atomic E-state index is -1.02. The van der Waals surface area contributed by atoms with Crippen molar-refractivity contribution in [1.29, 1.82) is 0 Å². The van der Waals surface area contributed by atoms with Gasteiger partial charge in [-0.15, -0.1) is 0 Å². The highest BCUT2D eigenvalue weighted by atomic mass is 16.4. The van der Waals surface area contributed by atoms with E-state index in [1.165, 1.54) is 0 Å². The van der Waals surface area contributed by atoms with Gasteiger partial charge in [-0.25, -0.2) is 0 Å². The van der Waals surface area contributed by atoms with Crippen LogP contribution in [0.5, 0.6) is 0 Å². The van der Waals surface area contributed by atoms with Gasteiger partial charge in [0.25, 0.3) is 0 Å². The first kappa shape index (κ1) is 8.49. The van der Waals surface area contributed by atoms with Gasteiger partial charge in [0.2, 0.25) is 0 Å². The van der Waals surface area contributed by atoms with Gasteiger partial charge in [-0.1, -0.05) is 0 Å². The van der Waals surface area contributed by atoms with Crippen LogP contribution >= 0.6 is 0 Å². The monoisotopic (exact) mass is 160 g/mol. The molecule has 3 N–H and O–H groups in total. The second-order valence-corrected chi connectivity index (χ2v) is 2.98. The number of carboxylic acids is 1. The predicted octanol–water partition coefficient (Wildman–Crippen LogP) is -0.407. The van der Waals surface area contributed by atoms with E-state index < -0.39 is 24.1 Å². The van der Waals surface area contributed by atoms with Gasteiger partial charge in [-0.05, 0) is 19.3 Å². The summed E-state index contributed by atoms with van der Waals surface area (Å²) in [6, 6.07) is 0. The van der Waals surface area contributed by atoms with E-state index in [1.54, 1.807) is 0 Å². The van der Waals surface area contributed by atoms with Crippen molar-refractivity contribution < 1.29 is 20.1 Å². The van der Waals surface area contributed by atoms with Crippen LogP contribution in [0.2, 0.25) is 0 Å². The Labute approximate surface area is 64.5 Å². The van der Waals surface area contributed by atoms with Crippen LogP contribution in [-0.2, 0) is 4.79 Å². The molecule has 4 nitrogen and oxygen atoms in total. The van der Waals surface area contributed by atoms with E-state index >= 15 is 0 Å². The standard InChI is InChI=1S/C7H12O4/c8-4-1-2-6(9)5(3-4)7(10)11/h4-6,8-9H,1-3H2,(H,10,11)/t4-,5+,6+/m0/s1. The summed E-state index contributed by atoms with van der Waals surface area (Å²) in [6.45, 7) is 0. The smallest absolute Gasteiger partial charge is 0.309 e. The number of hydrogen-bond acceptors (Lipinski definition) is 3. The molecule has 0 aliphatic heterocycles. The van der Waals surface area contributed by atoms with Gasteiger partial charge in [0, 0.05) is 0 Å². The summed E-state index contributed by atoms with van der Waals surface area (Å²) >= 11 is 0. The molecule has 0 saturated heterocycles. The molecule has 0 radical (unpaired) electrons. The van der Waals surface area contributed by atoms with Crippen LogP contribution in [0.15, 0.2) is 0 Å². The number of aliphatic hydroxyl groups excluding tert-OH is 2. The zero-order valence-corrected chi connectivity index (χ0v) is 6.10. The summed E-state index contributed by atoms with van der Waals surface area (Å²) in [5.74, 6) is -1.80. The third kappa shape index (κ3) is 1.91. The molecule has 1 aliphatic carbocycles. The molecular formula is C7H12O4. The Morgan fingerprint density at radius 2 is 1.91 bits per heavy atom. The third-order valence-electron chi connectivity index (χ3n) is 2.10. The highest BCUT2D eigenvalue weighted by molar-refractivity contribution is 5.70. The van der Waals surface area contributed by atoms with E-state index in [0.717, 1.165) is 0 Å². The summed E-state index contributed by atoms with van der Waals surface area (Å²) in [7, 11) is 0. The van der Waals surface area contributed by atoms with Crippen molar-refractivity contribution in [3.63, 3.8) is 0 Å². The maximum absolute atomic E-state index is 10.4. The number of aliphatic hydroxyl groups is 2. The fourth-order valence-electron chi connectivity index (χ4n) is 1.40. The van der Waals surface area contributed by atoms with E-state index in [4.69, 9.17) is 15.3 Å². The van der Waals surface area contributed by atoms with Crippen LogP contribution < -0.4 is 0 Å². The Kier molecular flexibility index (Phi) is 2.46.